The summed E-state index contributed by atoms with van der Waals surface area (Å²) in [5.41, 5.74) is 1.64. The van der Waals surface area contributed by atoms with Crippen molar-refractivity contribution in [2.75, 3.05) is 36.4 Å². The third-order valence-electron chi connectivity index (χ3n) is 4.55. The van der Waals surface area contributed by atoms with Gasteiger partial charge in [0, 0.05) is 31.9 Å². The van der Waals surface area contributed by atoms with Crippen LogP contribution < -0.4 is 10.2 Å². The molecule has 132 valence electrons. The quantitative estimate of drug-likeness (QED) is 0.903. The molecule has 25 heavy (non-hydrogen) atoms. The molecular formula is C19H21ClFN3O. The highest BCUT2D eigenvalue weighted by Crippen LogP contribution is 2.23. The molecule has 0 unspecified atom stereocenters. The van der Waals surface area contributed by atoms with Gasteiger partial charge in [-0.25, -0.2) is 4.39 Å². The highest BCUT2D eigenvalue weighted by molar-refractivity contribution is 6.33. The lowest BCUT2D eigenvalue weighted by Gasteiger charge is -2.38. The predicted octanol–water partition coefficient (Wildman–Crippen LogP) is 3.63. The molecule has 4 nitrogen and oxygen atoms in total. The Labute approximate surface area is 152 Å². The van der Waals surface area contributed by atoms with E-state index >= 15 is 0 Å². The molecule has 6 heteroatoms. The summed E-state index contributed by atoms with van der Waals surface area (Å²) in [7, 11) is 0. The van der Waals surface area contributed by atoms with Crippen LogP contribution in [0, 0.1) is 5.82 Å². The summed E-state index contributed by atoms with van der Waals surface area (Å²) >= 11 is 5.98. The topological polar surface area (TPSA) is 35.6 Å². The maximum atomic E-state index is 13.1. The molecule has 1 amide bonds. The van der Waals surface area contributed by atoms with Gasteiger partial charge in [0.1, 0.15) is 5.82 Å². The van der Waals surface area contributed by atoms with Crippen molar-refractivity contribution in [2.24, 2.45) is 0 Å². The number of nitrogens with one attached hydrogen (secondary N) is 1. The number of nitrogens with zero attached hydrogens (tertiary/aromatic N) is 2. The number of halogens is 2. The summed E-state index contributed by atoms with van der Waals surface area (Å²) < 4.78 is 13.1. The maximum absolute atomic E-state index is 13.1. The van der Waals surface area contributed by atoms with Crippen LogP contribution in [0.5, 0.6) is 0 Å². The first kappa shape index (κ1) is 17.7. The van der Waals surface area contributed by atoms with Gasteiger partial charge in [-0.3, -0.25) is 9.69 Å². The van der Waals surface area contributed by atoms with Crippen molar-refractivity contribution in [3.63, 3.8) is 0 Å². The van der Waals surface area contributed by atoms with E-state index in [9.17, 15) is 9.18 Å². The van der Waals surface area contributed by atoms with Gasteiger partial charge >= 0.3 is 0 Å². The standard InChI is InChI=1S/C19H21ClFN3O/c1-14(19(25)22-18-8-7-15(21)13-17(18)20)23-9-11-24(12-10-23)16-5-3-2-4-6-16/h2-8,13-14H,9-12H2,1H3,(H,22,25)/t14-/m0/s1. The Morgan fingerprint density at radius 2 is 1.80 bits per heavy atom. The third kappa shape index (κ3) is 4.30. The number of anilines is 2. The second-order valence-corrected chi connectivity index (χ2v) is 6.56. The van der Waals surface area contributed by atoms with Crippen molar-refractivity contribution in [3.8, 4) is 0 Å². The van der Waals surface area contributed by atoms with Crippen LogP contribution in [0.2, 0.25) is 5.02 Å². The van der Waals surface area contributed by atoms with Gasteiger partial charge in [-0.15, -0.1) is 0 Å². The van der Waals surface area contributed by atoms with Crippen molar-refractivity contribution in [2.45, 2.75) is 13.0 Å². The van der Waals surface area contributed by atoms with Gasteiger partial charge in [0.25, 0.3) is 0 Å². The lowest BCUT2D eigenvalue weighted by Crippen LogP contribution is -2.52. The Balaban J connectivity index is 1.56. The van der Waals surface area contributed by atoms with E-state index in [0.29, 0.717) is 5.69 Å². The molecule has 1 saturated heterocycles. The number of carbonyl (C=O) groups excluding carboxylic acids is 1. The summed E-state index contributed by atoms with van der Waals surface area (Å²) in [5, 5.41) is 2.99. The van der Waals surface area contributed by atoms with E-state index in [0.717, 1.165) is 26.2 Å². The van der Waals surface area contributed by atoms with Gasteiger partial charge in [0.05, 0.1) is 16.8 Å². The molecule has 0 saturated carbocycles. The van der Waals surface area contributed by atoms with Crippen molar-refractivity contribution < 1.29 is 9.18 Å². The largest absolute Gasteiger partial charge is 0.369 e. The van der Waals surface area contributed by atoms with Gasteiger partial charge in [-0.2, -0.15) is 0 Å². The Kier molecular flexibility index (Phi) is 5.56. The van der Waals surface area contributed by atoms with E-state index in [2.05, 4.69) is 27.2 Å². The molecule has 0 aromatic heterocycles. The SMILES string of the molecule is C[C@@H](C(=O)Nc1ccc(F)cc1Cl)N1CCN(c2ccccc2)CC1. The zero-order valence-electron chi connectivity index (χ0n) is 14.1. The number of rotatable bonds is 4. The fraction of sp³-hybridized carbons (Fsp3) is 0.316. The second-order valence-electron chi connectivity index (χ2n) is 6.15. The zero-order chi connectivity index (χ0) is 17.8. The molecule has 0 spiro atoms. The number of carbonyl (C=O) groups is 1. The predicted molar refractivity (Wildman–Crippen MR) is 99.7 cm³/mol. The molecule has 1 fully saturated rings. The lowest BCUT2D eigenvalue weighted by molar-refractivity contribution is -0.120. The first-order valence-electron chi connectivity index (χ1n) is 8.34. The first-order chi connectivity index (χ1) is 12.0. The number of benzene rings is 2. The highest BCUT2D eigenvalue weighted by atomic mass is 35.5. The fourth-order valence-electron chi connectivity index (χ4n) is 3.00. The molecule has 0 aliphatic carbocycles. The minimum Gasteiger partial charge on any atom is -0.369 e. The molecular weight excluding hydrogens is 341 g/mol. The van der Waals surface area contributed by atoms with E-state index in [1.54, 1.807) is 0 Å². The highest BCUT2D eigenvalue weighted by Gasteiger charge is 2.26. The summed E-state index contributed by atoms with van der Waals surface area (Å²) in [6.07, 6.45) is 0. The average molecular weight is 362 g/mol. The summed E-state index contributed by atoms with van der Waals surface area (Å²) in [5.74, 6) is -0.560. The lowest BCUT2D eigenvalue weighted by atomic mass is 10.2. The van der Waals surface area contributed by atoms with Gasteiger partial charge in [-0.1, -0.05) is 29.8 Å². The van der Waals surface area contributed by atoms with E-state index in [-0.39, 0.29) is 17.0 Å². The number of para-hydroxylation sites is 1. The first-order valence-corrected chi connectivity index (χ1v) is 8.72. The van der Waals surface area contributed by atoms with Crippen molar-refractivity contribution >= 4 is 28.9 Å². The van der Waals surface area contributed by atoms with Gasteiger partial charge in [0.15, 0.2) is 0 Å². The normalized spacial score (nSPS) is 16.5. The Morgan fingerprint density at radius 3 is 2.44 bits per heavy atom. The van der Waals surface area contributed by atoms with Crippen molar-refractivity contribution in [1.29, 1.82) is 0 Å². The van der Waals surface area contributed by atoms with Crippen molar-refractivity contribution in [1.82, 2.24) is 4.90 Å². The molecule has 1 aliphatic heterocycles. The zero-order valence-corrected chi connectivity index (χ0v) is 14.8. The number of piperazine rings is 1. The average Bonchev–Trinajstić information content (AvgIpc) is 2.64. The monoisotopic (exact) mass is 361 g/mol. The maximum Gasteiger partial charge on any atom is 0.241 e. The number of hydrogen-bond acceptors (Lipinski definition) is 3. The number of hydrogen-bond donors (Lipinski definition) is 1. The van der Waals surface area contributed by atoms with Crippen LogP contribution in [-0.2, 0) is 4.79 Å². The van der Waals surface area contributed by atoms with Crippen LogP contribution in [-0.4, -0.2) is 43.0 Å². The summed E-state index contributed by atoms with van der Waals surface area (Å²) in [6.45, 7) is 5.24. The Morgan fingerprint density at radius 1 is 1.12 bits per heavy atom. The second kappa shape index (κ2) is 7.85. The van der Waals surface area contributed by atoms with Crippen LogP contribution in [0.25, 0.3) is 0 Å². The molecule has 1 N–H and O–H groups in total. The molecule has 2 aromatic rings. The van der Waals surface area contributed by atoms with E-state index < -0.39 is 5.82 Å². The van der Waals surface area contributed by atoms with Gasteiger partial charge in [-0.05, 0) is 37.3 Å². The molecule has 1 heterocycles. The molecule has 0 radical (unpaired) electrons. The molecule has 3 rings (SSSR count). The number of amides is 1. The van der Waals surface area contributed by atoms with Crippen LogP contribution in [0.3, 0.4) is 0 Å². The van der Waals surface area contributed by atoms with Crippen LogP contribution >= 0.6 is 11.6 Å². The van der Waals surface area contributed by atoms with Crippen LogP contribution in [0.4, 0.5) is 15.8 Å². The van der Waals surface area contributed by atoms with Crippen molar-refractivity contribution in [3.05, 3.63) is 59.4 Å². The summed E-state index contributed by atoms with van der Waals surface area (Å²) in [4.78, 5) is 16.9. The molecule has 1 aliphatic rings. The molecule has 2 aromatic carbocycles. The Bertz CT molecular complexity index is 733. The Hall–Kier alpha value is -2.11. The third-order valence-corrected chi connectivity index (χ3v) is 4.86. The van der Waals surface area contributed by atoms with Gasteiger partial charge in [0.2, 0.25) is 5.91 Å². The smallest absolute Gasteiger partial charge is 0.241 e. The molecule has 0 bridgehead atoms. The minimum absolute atomic E-state index is 0.137. The van der Waals surface area contributed by atoms with E-state index in [1.165, 1.54) is 23.9 Å². The van der Waals surface area contributed by atoms with Gasteiger partial charge < -0.3 is 10.2 Å². The van der Waals surface area contributed by atoms with Crippen LogP contribution in [0.15, 0.2) is 48.5 Å². The van der Waals surface area contributed by atoms with E-state index in [4.69, 9.17) is 11.6 Å². The summed E-state index contributed by atoms with van der Waals surface area (Å²) in [6, 6.07) is 14.0. The fourth-order valence-corrected chi connectivity index (χ4v) is 3.21. The van der Waals surface area contributed by atoms with Crippen LogP contribution in [0.1, 0.15) is 6.92 Å². The molecule has 1 atom stereocenters. The van der Waals surface area contributed by atoms with E-state index in [1.807, 2.05) is 25.1 Å². The minimum atomic E-state index is -0.423.